The molecule has 1 aromatic heterocycles. The van der Waals surface area contributed by atoms with Gasteiger partial charge in [-0.1, -0.05) is 11.6 Å². The number of carboxylic acids is 1. The molecule has 2 atom stereocenters. The largest absolute Gasteiger partial charge is 0.481 e. The van der Waals surface area contributed by atoms with E-state index in [1.165, 1.54) is 0 Å². The van der Waals surface area contributed by atoms with Crippen LogP contribution < -0.4 is 0 Å². The van der Waals surface area contributed by atoms with E-state index in [2.05, 4.69) is 10.1 Å². The zero-order valence-electron chi connectivity index (χ0n) is 12.4. The third-order valence-corrected chi connectivity index (χ3v) is 4.83. The Morgan fingerprint density at radius 1 is 1.38 bits per heavy atom. The molecule has 6 heteroatoms. The SMILES string of the molecule is CCOC1(c2noc(C3CCCC3C(=O)O)n2)CCCC1. The Balaban J connectivity index is 1.84. The second kappa shape index (κ2) is 5.75. The van der Waals surface area contributed by atoms with E-state index in [1.54, 1.807) is 0 Å². The fraction of sp³-hybridized carbons (Fsp3) is 0.800. The second-order valence-corrected chi connectivity index (χ2v) is 6.07. The Bertz CT molecular complexity index is 508. The standard InChI is InChI=1S/C15H22N2O4/c1-2-20-15(8-3-4-9-15)14-16-12(21-17-14)10-6-5-7-11(10)13(18)19/h10-11H,2-9H2,1H3,(H,18,19). The first-order valence-corrected chi connectivity index (χ1v) is 7.87. The van der Waals surface area contributed by atoms with E-state index >= 15 is 0 Å². The van der Waals surface area contributed by atoms with Gasteiger partial charge in [0.2, 0.25) is 11.7 Å². The maximum Gasteiger partial charge on any atom is 0.307 e. The van der Waals surface area contributed by atoms with Gasteiger partial charge in [-0.15, -0.1) is 0 Å². The average Bonchev–Trinajstić information content (AvgIpc) is 3.19. The predicted octanol–water partition coefficient (Wildman–Crippen LogP) is 2.84. The van der Waals surface area contributed by atoms with E-state index in [0.29, 0.717) is 24.7 Å². The molecule has 0 saturated heterocycles. The molecule has 0 aromatic carbocycles. The molecule has 21 heavy (non-hydrogen) atoms. The Kier molecular flexibility index (Phi) is 3.97. The number of hydrogen-bond acceptors (Lipinski definition) is 5. The molecule has 0 bridgehead atoms. The van der Waals surface area contributed by atoms with Crippen LogP contribution in [0.4, 0.5) is 0 Å². The van der Waals surface area contributed by atoms with E-state index in [4.69, 9.17) is 9.26 Å². The van der Waals surface area contributed by atoms with Crippen molar-refractivity contribution in [1.82, 2.24) is 10.1 Å². The molecule has 0 spiro atoms. The van der Waals surface area contributed by atoms with Crippen molar-refractivity contribution >= 4 is 5.97 Å². The summed E-state index contributed by atoms with van der Waals surface area (Å²) < 4.78 is 11.3. The van der Waals surface area contributed by atoms with E-state index in [0.717, 1.165) is 38.5 Å². The van der Waals surface area contributed by atoms with Crippen LogP contribution in [0.1, 0.15) is 69.5 Å². The van der Waals surface area contributed by atoms with Gasteiger partial charge >= 0.3 is 5.97 Å². The van der Waals surface area contributed by atoms with Gasteiger partial charge in [0.15, 0.2) is 0 Å². The van der Waals surface area contributed by atoms with Crippen LogP contribution >= 0.6 is 0 Å². The van der Waals surface area contributed by atoms with Crippen LogP contribution in [0.25, 0.3) is 0 Å². The van der Waals surface area contributed by atoms with Gasteiger partial charge in [-0.05, 0) is 45.4 Å². The second-order valence-electron chi connectivity index (χ2n) is 6.07. The Labute approximate surface area is 123 Å². The first kappa shape index (κ1) is 14.5. The summed E-state index contributed by atoms with van der Waals surface area (Å²) in [7, 11) is 0. The number of carbonyl (C=O) groups is 1. The fourth-order valence-electron chi connectivity index (χ4n) is 3.78. The summed E-state index contributed by atoms with van der Waals surface area (Å²) in [5.74, 6) is -0.236. The third-order valence-electron chi connectivity index (χ3n) is 4.83. The van der Waals surface area contributed by atoms with Crippen molar-refractivity contribution in [3.63, 3.8) is 0 Å². The number of aliphatic carboxylic acids is 1. The van der Waals surface area contributed by atoms with Crippen molar-refractivity contribution in [1.29, 1.82) is 0 Å². The highest BCUT2D eigenvalue weighted by molar-refractivity contribution is 5.71. The molecule has 1 N–H and O–H groups in total. The molecular weight excluding hydrogens is 272 g/mol. The van der Waals surface area contributed by atoms with Gasteiger partial charge in [0.25, 0.3) is 0 Å². The van der Waals surface area contributed by atoms with Crippen molar-refractivity contribution in [2.24, 2.45) is 5.92 Å². The molecule has 3 rings (SSSR count). The smallest absolute Gasteiger partial charge is 0.307 e. The lowest BCUT2D eigenvalue weighted by molar-refractivity contribution is -0.142. The molecule has 116 valence electrons. The number of aromatic nitrogens is 2. The Morgan fingerprint density at radius 2 is 2.14 bits per heavy atom. The van der Waals surface area contributed by atoms with Crippen LogP contribution in [0.5, 0.6) is 0 Å². The van der Waals surface area contributed by atoms with Gasteiger partial charge < -0.3 is 14.4 Å². The predicted molar refractivity (Wildman–Crippen MR) is 73.8 cm³/mol. The summed E-state index contributed by atoms with van der Waals surface area (Å²) in [6.45, 7) is 2.59. The first-order valence-electron chi connectivity index (χ1n) is 7.87. The normalized spacial score (nSPS) is 28.0. The Morgan fingerprint density at radius 3 is 2.81 bits per heavy atom. The summed E-state index contributed by atoms with van der Waals surface area (Å²) in [4.78, 5) is 15.8. The summed E-state index contributed by atoms with van der Waals surface area (Å²) in [5, 5.41) is 13.4. The van der Waals surface area contributed by atoms with Crippen molar-refractivity contribution in [3.8, 4) is 0 Å². The van der Waals surface area contributed by atoms with Gasteiger partial charge in [-0.25, -0.2) is 0 Å². The van der Waals surface area contributed by atoms with Gasteiger partial charge in [-0.3, -0.25) is 4.79 Å². The van der Waals surface area contributed by atoms with Gasteiger partial charge in [0.1, 0.15) is 5.60 Å². The van der Waals surface area contributed by atoms with E-state index in [9.17, 15) is 9.90 Å². The van der Waals surface area contributed by atoms with Crippen LogP contribution in [0, 0.1) is 5.92 Å². The summed E-state index contributed by atoms with van der Waals surface area (Å²) in [6.07, 6.45) is 6.42. The summed E-state index contributed by atoms with van der Waals surface area (Å²) in [5.41, 5.74) is -0.423. The van der Waals surface area contributed by atoms with Crippen molar-refractivity contribution < 1.29 is 19.2 Å². The van der Waals surface area contributed by atoms with Crippen molar-refractivity contribution in [2.75, 3.05) is 6.61 Å². The lowest BCUT2D eigenvalue weighted by Crippen LogP contribution is -2.28. The molecule has 6 nitrogen and oxygen atoms in total. The highest BCUT2D eigenvalue weighted by atomic mass is 16.5. The third kappa shape index (κ3) is 2.57. The average molecular weight is 294 g/mol. The molecule has 1 aromatic rings. The van der Waals surface area contributed by atoms with Gasteiger partial charge in [0, 0.05) is 6.61 Å². The lowest BCUT2D eigenvalue weighted by atomic mass is 9.96. The molecular formula is C15H22N2O4. The van der Waals surface area contributed by atoms with Crippen molar-refractivity contribution in [2.45, 2.75) is 63.4 Å². The van der Waals surface area contributed by atoms with E-state index < -0.39 is 17.5 Å². The molecule has 0 aliphatic heterocycles. The van der Waals surface area contributed by atoms with Crippen LogP contribution in [-0.4, -0.2) is 27.8 Å². The number of ether oxygens (including phenoxy) is 1. The summed E-state index contributed by atoms with van der Waals surface area (Å²) >= 11 is 0. The quantitative estimate of drug-likeness (QED) is 0.898. The zero-order chi connectivity index (χ0) is 14.9. The molecule has 2 fully saturated rings. The number of rotatable bonds is 5. The number of hydrogen-bond donors (Lipinski definition) is 1. The van der Waals surface area contributed by atoms with Crippen molar-refractivity contribution in [3.05, 3.63) is 11.7 Å². The highest BCUT2D eigenvalue weighted by Gasteiger charge is 2.43. The monoisotopic (exact) mass is 294 g/mol. The highest BCUT2D eigenvalue weighted by Crippen LogP contribution is 2.43. The zero-order valence-corrected chi connectivity index (χ0v) is 12.4. The minimum Gasteiger partial charge on any atom is -0.481 e. The van der Waals surface area contributed by atoms with Crippen LogP contribution in [0.3, 0.4) is 0 Å². The maximum atomic E-state index is 11.3. The number of nitrogens with zero attached hydrogens (tertiary/aromatic N) is 2. The first-order chi connectivity index (χ1) is 10.2. The minimum absolute atomic E-state index is 0.149. The fourth-order valence-corrected chi connectivity index (χ4v) is 3.78. The van der Waals surface area contributed by atoms with E-state index in [1.807, 2.05) is 6.92 Å². The number of carboxylic acid groups (broad SMARTS) is 1. The summed E-state index contributed by atoms with van der Waals surface area (Å²) in [6, 6.07) is 0. The molecule has 0 amide bonds. The van der Waals surface area contributed by atoms with Crippen LogP contribution in [0.2, 0.25) is 0 Å². The minimum atomic E-state index is -0.766. The molecule has 1 heterocycles. The molecule has 2 unspecified atom stereocenters. The lowest BCUT2D eigenvalue weighted by Gasteiger charge is -2.24. The van der Waals surface area contributed by atoms with Crippen LogP contribution in [-0.2, 0) is 15.1 Å². The van der Waals surface area contributed by atoms with Gasteiger partial charge in [-0.2, -0.15) is 4.98 Å². The molecule has 2 saturated carbocycles. The van der Waals surface area contributed by atoms with Crippen LogP contribution in [0.15, 0.2) is 4.52 Å². The molecule has 2 aliphatic carbocycles. The van der Waals surface area contributed by atoms with Gasteiger partial charge in [0.05, 0.1) is 11.8 Å². The Hall–Kier alpha value is -1.43. The molecule has 0 radical (unpaired) electrons. The maximum absolute atomic E-state index is 11.3. The molecule has 2 aliphatic rings. The van der Waals surface area contributed by atoms with E-state index in [-0.39, 0.29) is 5.92 Å². The topological polar surface area (TPSA) is 85.5 Å².